The quantitative estimate of drug-likeness (QED) is 0.806. The van der Waals surface area contributed by atoms with Gasteiger partial charge in [-0.3, -0.25) is 4.79 Å². The first kappa shape index (κ1) is 10.2. The van der Waals surface area contributed by atoms with Crippen molar-refractivity contribution in [1.82, 2.24) is 9.55 Å². The number of carboxylic acids is 1. The Bertz CT molecular complexity index is 359. The minimum atomic E-state index is -0.678. The van der Waals surface area contributed by atoms with Crippen molar-refractivity contribution in [3.8, 4) is 0 Å². The third-order valence-electron chi connectivity index (χ3n) is 3.27. The first-order chi connectivity index (χ1) is 7.20. The molecule has 15 heavy (non-hydrogen) atoms. The SMILES string of the molecule is Cn1ccnc1[C@@H]1CCCC[C@H]1C(=O)O. The van der Waals surface area contributed by atoms with Crippen LogP contribution in [-0.2, 0) is 11.8 Å². The molecule has 0 aromatic carbocycles. The predicted octanol–water partition coefficient (Wildman–Crippen LogP) is 1.78. The number of aryl methyl sites for hydroxylation is 1. The lowest BCUT2D eigenvalue weighted by Crippen LogP contribution is -2.27. The van der Waals surface area contributed by atoms with Crippen LogP contribution in [0.3, 0.4) is 0 Å². The van der Waals surface area contributed by atoms with Gasteiger partial charge in [0.1, 0.15) is 5.82 Å². The largest absolute Gasteiger partial charge is 0.481 e. The zero-order chi connectivity index (χ0) is 10.8. The lowest BCUT2D eigenvalue weighted by Gasteiger charge is -2.27. The summed E-state index contributed by atoms with van der Waals surface area (Å²) in [5.41, 5.74) is 0. The fraction of sp³-hybridized carbons (Fsp3) is 0.636. The molecule has 0 bridgehead atoms. The van der Waals surface area contributed by atoms with Crippen LogP contribution in [0.25, 0.3) is 0 Å². The number of carbonyl (C=O) groups is 1. The van der Waals surface area contributed by atoms with Crippen LogP contribution >= 0.6 is 0 Å². The molecule has 1 saturated carbocycles. The zero-order valence-corrected chi connectivity index (χ0v) is 8.89. The third-order valence-corrected chi connectivity index (χ3v) is 3.27. The van der Waals surface area contributed by atoms with Gasteiger partial charge >= 0.3 is 5.97 Å². The molecule has 82 valence electrons. The minimum Gasteiger partial charge on any atom is -0.481 e. The second-order valence-electron chi connectivity index (χ2n) is 4.23. The molecule has 2 atom stereocenters. The van der Waals surface area contributed by atoms with Gasteiger partial charge in [-0.15, -0.1) is 0 Å². The smallest absolute Gasteiger partial charge is 0.307 e. The second-order valence-corrected chi connectivity index (χ2v) is 4.23. The molecule has 1 aliphatic carbocycles. The Morgan fingerprint density at radius 2 is 2.27 bits per heavy atom. The van der Waals surface area contributed by atoms with E-state index in [1.807, 2.05) is 17.8 Å². The number of nitrogens with zero attached hydrogens (tertiary/aromatic N) is 2. The monoisotopic (exact) mass is 208 g/mol. The molecule has 4 nitrogen and oxygen atoms in total. The molecular weight excluding hydrogens is 192 g/mol. The molecular formula is C11H16N2O2. The Balaban J connectivity index is 2.25. The highest BCUT2D eigenvalue weighted by Crippen LogP contribution is 2.36. The number of imidazole rings is 1. The summed E-state index contributed by atoms with van der Waals surface area (Å²) in [6.07, 6.45) is 7.49. The molecule has 0 radical (unpaired) electrons. The van der Waals surface area contributed by atoms with Crippen LogP contribution in [0, 0.1) is 5.92 Å². The maximum atomic E-state index is 11.1. The highest BCUT2D eigenvalue weighted by Gasteiger charge is 2.33. The summed E-state index contributed by atoms with van der Waals surface area (Å²) in [7, 11) is 1.93. The van der Waals surface area contributed by atoms with Gasteiger partial charge in [0.15, 0.2) is 0 Å². The van der Waals surface area contributed by atoms with E-state index in [-0.39, 0.29) is 11.8 Å². The maximum Gasteiger partial charge on any atom is 0.307 e. The van der Waals surface area contributed by atoms with Gasteiger partial charge in [0.2, 0.25) is 0 Å². The summed E-state index contributed by atoms with van der Waals surface area (Å²) in [6.45, 7) is 0. The molecule has 1 aliphatic rings. The average molecular weight is 208 g/mol. The van der Waals surface area contributed by atoms with Crippen molar-refractivity contribution in [2.75, 3.05) is 0 Å². The standard InChI is InChI=1S/C11H16N2O2/c1-13-7-6-12-10(13)8-4-2-3-5-9(8)11(14)15/h6-9H,2-5H2,1H3,(H,14,15)/t8-,9-/m1/s1. The molecule has 0 unspecified atom stereocenters. The molecule has 1 N–H and O–H groups in total. The van der Waals surface area contributed by atoms with Crippen LogP contribution in [0.2, 0.25) is 0 Å². The number of hydrogen-bond donors (Lipinski definition) is 1. The van der Waals surface area contributed by atoms with Crippen LogP contribution in [-0.4, -0.2) is 20.6 Å². The molecule has 0 saturated heterocycles. The zero-order valence-electron chi connectivity index (χ0n) is 8.89. The maximum absolute atomic E-state index is 11.1. The Hall–Kier alpha value is -1.32. The van der Waals surface area contributed by atoms with Crippen LogP contribution in [0.4, 0.5) is 0 Å². The number of aromatic nitrogens is 2. The van der Waals surface area contributed by atoms with E-state index in [0.717, 1.165) is 31.5 Å². The van der Waals surface area contributed by atoms with Gasteiger partial charge in [-0.05, 0) is 12.8 Å². The van der Waals surface area contributed by atoms with E-state index in [4.69, 9.17) is 5.11 Å². The molecule has 1 aromatic rings. The molecule has 0 spiro atoms. The second kappa shape index (κ2) is 4.04. The van der Waals surface area contributed by atoms with Gasteiger partial charge in [-0.25, -0.2) is 4.98 Å². The van der Waals surface area contributed by atoms with E-state index >= 15 is 0 Å². The highest BCUT2D eigenvalue weighted by atomic mass is 16.4. The van der Waals surface area contributed by atoms with Crippen LogP contribution in [0.15, 0.2) is 12.4 Å². The molecule has 2 rings (SSSR count). The van der Waals surface area contributed by atoms with Crippen molar-refractivity contribution in [1.29, 1.82) is 0 Å². The average Bonchev–Trinajstić information content (AvgIpc) is 2.64. The van der Waals surface area contributed by atoms with Crippen molar-refractivity contribution in [3.05, 3.63) is 18.2 Å². The molecule has 1 aromatic heterocycles. The van der Waals surface area contributed by atoms with Crippen molar-refractivity contribution in [2.45, 2.75) is 31.6 Å². The van der Waals surface area contributed by atoms with E-state index in [0.29, 0.717) is 0 Å². The van der Waals surface area contributed by atoms with E-state index < -0.39 is 5.97 Å². The van der Waals surface area contributed by atoms with E-state index in [1.54, 1.807) is 6.20 Å². The van der Waals surface area contributed by atoms with E-state index in [2.05, 4.69) is 4.98 Å². The molecule has 0 aliphatic heterocycles. The van der Waals surface area contributed by atoms with Gasteiger partial charge in [0.05, 0.1) is 5.92 Å². The topological polar surface area (TPSA) is 55.1 Å². The molecule has 0 amide bonds. The van der Waals surface area contributed by atoms with E-state index in [9.17, 15) is 4.79 Å². The summed E-state index contributed by atoms with van der Waals surface area (Å²) in [4.78, 5) is 15.4. The van der Waals surface area contributed by atoms with Crippen LogP contribution in [0.1, 0.15) is 37.4 Å². The van der Waals surface area contributed by atoms with Crippen LogP contribution in [0.5, 0.6) is 0 Å². The Labute approximate surface area is 88.9 Å². The van der Waals surface area contributed by atoms with E-state index in [1.165, 1.54) is 0 Å². The summed E-state index contributed by atoms with van der Waals surface area (Å²) >= 11 is 0. The number of aliphatic carboxylic acids is 1. The fourth-order valence-corrected chi connectivity index (χ4v) is 2.47. The Morgan fingerprint density at radius 3 is 2.87 bits per heavy atom. The minimum absolute atomic E-state index is 0.0937. The highest BCUT2D eigenvalue weighted by molar-refractivity contribution is 5.71. The lowest BCUT2D eigenvalue weighted by molar-refractivity contribution is -0.143. The summed E-state index contributed by atoms with van der Waals surface area (Å²) < 4.78 is 1.94. The first-order valence-electron chi connectivity index (χ1n) is 5.40. The van der Waals surface area contributed by atoms with Gasteiger partial charge in [-0.2, -0.15) is 0 Å². The Kier molecular flexibility index (Phi) is 2.75. The predicted molar refractivity (Wildman–Crippen MR) is 55.5 cm³/mol. The summed E-state index contributed by atoms with van der Waals surface area (Å²) in [5, 5.41) is 9.16. The number of rotatable bonds is 2. The van der Waals surface area contributed by atoms with Crippen molar-refractivity contribution in [3.63, 3.8) is 0 Å². The van der Waals surface area contributed by atoms with Gasteiger partial charge in [0, 0.05) is 25.4 Å². The molecule has 1 heterocycles. The lowest BCUT2D eigenvalue weighted by atomic mass is 9.79. The molecule has 4 heteroatoms. The normalized spacial score (nSPS) is 26.5. The van der Waals surface area contributed by atoms with Gasteiger partial charge < -0.3 is 9.67 Å². The van der Waals surface area contributed by atoms with Crippen molar-refractivity contribution < 1.29 is 9.90 Å². The van der Waals surface area contributed by atoms with Crippen molar-refractivity contribution in [2.24, 2.45) is 13.0 Å². The first-order valence-corrected chi connectivity index (χ1v) is 5.40. The number of carboxylic acid groups (broad SMARTS) is 1. The third kappa shape index (κ3) is 1.89. The van der Waals surface area contributed by atoms with Crippen molar-refractivity contribution >= 4 is 5.97 Å². The molecule has 1 fully saturated rings. The number of hydrogen-bond acceptors (Lipinski definition) is 2. The Morgan fingerprint density at radius 1 is 1.53 bits per heavy atom. The fourth-order valence-electron chi connectivity index (χ4n) is 2.47. The summed E-state index contributed by atoms with van der Waals surface area (Å²) in [5.74, 6) is 0.0842. The summed E-state index contributed by atoms with van der Waals surface area (Å²) in [6, 6.07) is 0. The van der Waals surface area contributed by atoms with Gasteiger partial charge in [0.25, 0.3) is 0 Å². The van der Waals surface area contributed by atoms with Gasteiger partial charge in [-0.1, -0.05) is 12.8 Å². The van der Waals surface area contributed by atoms with Crippen LogP contribution < -0.4 is 0 Å².